The van der Waals surface area contributed by atoms with Gasteiger partial charge in [-0.05, 0) is 19.3 Å². The first-order valence-corrected chi connectivity index (χ1v) is 4.51. The highest BCUT2D eigenvalue weighted by atomic mass is 16.5. The molecule has 2 heteroatoms. The standard InChI is InChI=1S/C10H18O2/c1-3-4-5-6-7-8-9-12-10(2)11/h3H,1,4-9H2,2H3. The van der Waals surface area contributed by atoms with Gasteiger partial charge in [-0.3, -0.25) is 4.79 Å². The minimum atomic E-state index is -0.180. The van der Waals surface area contributed by atoms with E-state index >= 15 is 0 Å². The van der Waals surface area contributed by atoms with Crippen LogP contribution < -0.4 is 0 Å². The van der Waals surface area contributed by atoms with Crippen LogP contribution >= 0.6 is 0 Å². The molecular weight excluding hydrogens is 152 g/mol. The van der Waals surface area contributed by atoms with Crippen molar-refractivity contribution in [2.45, 2.75) is 39.0 Å². The van der Waals surface area contributed by atoms with Crippen LogP contribution in [0.5, 0.6) is 0 Å². The molecule has 0 fully saturated rings. The first-order chi connectivity index (χ1) is 5.77. The largest absolute Gasteiger partial charge is 0.466 e. The Bertz CT molecular complexity index is 130. The molecule has 0 aromatic carbocycles. The summed E-state index contributed by atoms with van der Waals surface area (Å²) in [6, 6.07) is 0. The van der Waals surface area contributed by atoms with E-state index in [9.17, 15) is 4.79 Å². The lowest BCUT2D eigenvalue weighted by molar-refractivity contribution is -0.141. The maximum Gasteiger partial charge on any atom is 0.302 e. The van der Waals surface area contributed by atoms with E-state index in [4.69, 9.17) is 4.74 Å². The van der Waals surface area contributed by atoms with Crippen LogP contribution in [0.2, 0.25) is 0 Å². The topological polar surface area (TPSA) is 26.3 Å². The Hall–Kier alpha value is -0.790. The molecule has 0 N–H and O–H groups in total. The van der Waals surface area contributed by atoms with Crippen molar-refractivity contribution in [3.05, 3.63) is 12.7 Å². The van der Waals surface area contributed by atoms with Crippen molar-refractivity contribution in [1.82, 2.24) is 0 Å². The molecule has 70 valence electrons. The minimum absolute atomic E-state index is 0.180. The number of ether oxygens (including phenoxy) is 1. The average molecular weight is 170 g/mol. The molecule has 0 heterocycles. The van der Waals surface area contributed by atoms with Crippen LogP contribution in [0.1, 0.15) is 39.0 Å². The van der Waals surface area contributed by atoms with Crippen LogP contribution in [0.25, 0.3) is 0 Å². The molecule has 0 aliphatic heterocycles. The van der Waals surface area contributed by atoms with Crippen LogP contribution in [0.4, 0.5) is 0 Å². The van der Waals surface area contributed by atoms with Crippen molar-refractivity contribution in [1.29, 1.82) is 0 Å². The molecule has 0 saturated heterocycles. The Morgan fingerprint density at radius 1 is 1.33 bits per heavy atom. The van der Waals surface area contributed by atoms with E-state index in [2.05, 4.69) is 6.58 Å². The van der Waals surface area contributed by atoms with Gasteiger partial charge in [0, 0.05) is 6.92 Å². The van der Waals surface area contributed by atoms with E-state index in [0.29, 0.717) is 6.61 Å². The number of hydrogen-bond acceptors (Lipinski definition) is 2. The van der Waals surface area contributed by atoms with Gasteiger partial charge < -0.3 is 4.74 Å². The third kappa shape index (κ3) is 9.21. The Labute approximate surface area is 74.6 Å². The van der Waals surface area contributed by atoms with Crippen molar-refractivity contribution < 1.29 is 9.53 Å². The lowest BCUT2D eigenvalue weighted by Crippen LogP contribution is -1.99. The van der Waals surface area contributed by atoms with Crippen molar-refractivity contribution in [2.24, 2.45) is 0 Å². The van der Waals surface area contributed by atoms with Crippen LogP contribution in [0.15, 0.2) is 12.7 Å². The normalized spacial score (nSPS) is 9.42. The van der Waals surface area contributed by atoms with Gasteiger partial charge in [0.25, 0.3) is 0 Å². The molecule has 0 aliphatic carbocycles. The maximum atomic E-state index is 10.3. The van der Waals surface area contributed by atoms with Gasteiger partial charge in [-0.2, -0.15) is 0 Å². The van der Waals surface area contributed by atoms with Crippen LogP contribution in [0, 0.1) is 0 Å². The number of carbonyl (C=O) groups excluding carboxylic acids is 1. The van der Waals surface area contributed by atoms with E-state index in [1.165, 1.54) is 19.8 Å². The Morgan fingerprint density at radius 3 is 2.58 bits per heavy atom. The van der Waals surface area contributed by atoms with E-state index < -0.39 is 0 Å². The number of allylic oxidation sites excluding steroid dienone is 1. The second-order valence-electron chi connectivity index (χ2n) is 2.83. The summed E-state index contributed by atoms with van der Waals surface area (Å²) in [6.45, 7) is 5.66. The molecule has 0 amide bonds. The second kappa shape index (κ2) is 8.31. The van der Waals surface area contributed by atoms with Crippen molar-refractivity contribution in [3.8, 4) is 0 Å². The lowest BCUT2D eigenvalue weighted by Gasteiger charge is -2.00. The molecular formula is C10H18O2. The zero-order chi connectivity index (χ0) is 9.23. The van der Waals surface area contributed by atoms with Crippen molar-refractivity contribution in [3.63, 3.8) is 0 Å². The number of rotatable bonds is 7. The summed E-state index contributed by atoms with van der Waals surface area (Å²) in [5.74, 6) is -0.180. The minimum Gasteiger partial charge on any atom is -0.466 e. The molecule has 0 aliphatic rings. The second-order valence-corrected chi connectivity index (χ2v) is 2.83. The predicted molar refractivity (Wildman–Crippen MR) is 49.9 cm³/mol. The first kappa shape index (κ1) is 11.2. The predicted octanol–water partition coefficient (Wildman–Crippen LogP) is 2.69. The van der Waals surface area contributed by atoms with Gasteiger partial charge in [0.15, 0.2) is 0 Å². The van der Waals surface area contributed by atoms with E-state index in [1.807, 2.05) is 6.08 Å². The van der Waals surface area contributed by atoms with Gasteiger partial charge in [0.2, 0.25) is 0 Å². The molecule has 2 nitrogen and oxygen atoms in total. The van der Waals surface area contributed by atoms with Crippen LogP contribution in [-0.2, 0) is 9.53 Å². The number of esters is 1. The number of carbonyl (C=O) groups is 1. The van der Waals surface area contributed by atoms with Gasteiger partial charge in [0.1, 0.15) is 0 Å². The molecule has 0 saturated carbocycles. The van der Waals surface area contributed by atoms with E-state index in [1.54, 1.807) is 0 Å². The molecule has 0 spiro atoms. The molecule has 0 rings (SSSR count). The highest BCUT2D eigenvalue weighted by Crippen LogP contribution is 2.03. The summed E-state index contributed by atoms with van der Waals surface area (Å²) in [4.78, 5) is 10.3. The van der Waals surface area contributed by atoms with Gasteiger partial charge in [-0.25, -0.2) is 0 Å². The average Bonchev–Trinajstić information content (AvgIpc) is 2.02. The van der Waals surface area contributed by atoms with Crippen molar-refractivity contribution >= 4 is 5.97 Å². The van der Waals surface area contributed by atoms with Gasteiger partial charge >= 0.3 is 5.97 Å². The number of unbranched alkanes of at least 4 members (excludes halogenated alkanes) is 4. The molecule has 0 unspecified atom stereocenters. The zero-order valence-electron chi connectivity index (χ0n) is 7.84. The summed E-state index contributed by atoms with van der Waals surface area (Å²) in [6.07, 6.45) is 7.55. The molecule has 12 heavy (non-hydrogen) atoms. The summed E-state index contributed by atoms with van der Waals surface area (Å²) in [7, 11) is 0. The molecule has 0 radical (unpaired) electrons. The fraction of sp³-hybridized carbons (Fsp3) is 0.700. The van der Waals surface area contributed by atoms with E-state index in [0.717, 1.165) is 19.3 Å². The highest BCUT2D eigenvalue weighted by Gasteiger charge is 1.92. The monoisotopic (exact) mass is 170 g/mol. The molecule has 0 aromatic heterocycles. The van der Waals surface area contributed by atoms with Gasteiger partial charge in [-0.15, -0.1) is 6.58 Å². The lowest BCUT2D eigenvalue weighted by atomic mass is 10.1. The first-order valence-electron chi connectivity index (χ1n) is 4.51. The molecule has 0 aromatic rings. The SMILES string of the molecule is C=CCCCCCCOC(C)=O. The summed E-state index contributed by atoms with van der Waals surface area (Å²) in [5, 5.41) is 0. The third-order valence-corrected chi connectivity index (χ3v) is 1.61. The van der Waals surface area contributed by atoms with Gasteiger partial charge in [0.05, 0.1) is 6.61 Å². The smallest absolute Gasteiger partial charge is 0.302 e. The zero-order valence-corrected chi connectivity index (χ0v) is 7.84. The fourth-order valence-electron chi connectivity index (χ4n) is 0.960. The summed E-state index contributed by atoms with van der Waals surface area (Å²) >= 11 is 0. The molecule has 0 atom stereocenters. The van der Waals surface area contributed by atoms with Crippen molar-refractivity contribution in [2.75, 3.05) is 6.61 Å². The highest BCUT2D eigenvalue weighted by molar-refractivity contribution is 5.65. The molecule has 0 bridgehead atoms. The summed E-state index contributed by atoms with van der Waals surface area (Å²) < 4.78 is 4.79. The summed E-state index contributed by atoms with van der Waals surface area (Å²) in [5.41, 5.74) is 0. The fourth-order valence-corrected chi connectivity index (χ4v) is 0.960. The van der Waals surface area contributed by atoms with Crippen LogP contribution in [-0.4, -0.2) is 12.6 Å². The van der Waals surface area contributed by atoms with Gasteiger partial charge in [-0.1, -0.05) is 18.9 Å². The van der Waals surface area contributed by atoms with Crippen LogP contribution in [0.3, 0.4) is 0 Å². The quantitative estimate of drug-likeness (QED) is 0.333. The maximum absolute atomic E-state index is 10.3. The Kier molecular flexibility index (Phi) is 7.76. The Morgan fingerprint density at radius 2 is 2.00 bits per heavy atom. The third-order valence-electron chi connectivity index (χ3n) is 1.61. The number of hydrogen-bond donors (Lipinski definition) is 0. The van der Waals surface area contributed by atoms with E-state index in [-0.39, 0.29) is 5.97 Å². The Balaban J connectivity index is 2.90.